The van der Waals surface area contributed by atoms with Crippen LogP contribution in [-0.4, -0.2) is 95.9 Å². The van der Waals surface area contributed by atoms with Gasteiger partial charge in [0.2, 0.25) is 0 Å². The number of rotatable bonds is 75. The van der Waals surface area contributed by atoms with Crippen LogP contribution in [0.15, 0.2) is 146 Å². The summed E-state index contributed by atoms with van der Waals surface area (Å²) in [6.45, 7) is 2.37. The summed E-state index contributed by atoms with van der Waals surface area (Å²) in [5, 5.41) is 20.6. The Bertz CT molecular complexity index is 2450. The molecule has 0 amide bonds. The number of phosphoric acid groups is 2. The van der Waals surface area contributed by atoms with Crippen molar-refractivity contribution >= 4 is 33.6 Å². The SMILES string of the molecule is CC/C=C\C/C=C\C/C=C\C/C=C\C/C=C\C/C=C\CCCCCCCCCCCCCCCCCCC(=O)OCC(O)COP(=O)(O)OCC(O)COP(=O)(O)OCC(COC(=O)CC/C=C\C/C=C\C/C=C\C/C=C\C/C=C\C/C=C\CC)OC(=O)CCCCCCCCCCCCCCC. The minimum absolute atomic E-state index is 0.0447. The first-order valence-corrected chi connectivity index (χ1v) is 43.1. The quantitative estimate of drug-likeness (QED) is 0.0146. The molecule has 0 aliphatic rings. The second-order valence-electron chi connectivity index (χ2n) is 26.5. The van der Waals surface area contributed by atoms with E-state index in [1.807, 2.05) is 18.2 Å². The topological polar surface area (TPSA) is 231 Å². The van der Waals surface area contributed by atoms with E-state index in [-0.39, 0.29) is 19.3 Å². The van der Waals surface area contributed by atoms with Gasteiger partial charge in [-0.3, -0.25) is 32.5 Å². The molecule has 0 radical (unpaired) electrons. The average molecular weight is 1480 g/mol. The molecule has 4 N–H and O–H groups in total. The fraction of sp³-hybridized carbons (Fsp3) is 0.682. The Labute approximate surface area is 626 Å². The maximum Gasteiger partial charge on any atom is 0.472 e. The van der Waals surface area contributed by atoms with Crippen LogP contribution in [0.25, 0.3) is 0 Å². The van der Waals surface area contributed by atoms with Gasteiger partial charge in [-0.1, -0.05) is 334 Å². The van der Waals surface area contributed by atoms with Crippen LogP contribution in [0.3, 0.4) is 0 Å². The molecule has 16 nitrogen and oxygen atoms in total. The van der Waals surface area contributed by atoms with E-state index >= 15 is 0 Å². The second-order valence-corrected chi connectivity index (χ2v) is 29.4. The molecule has 0 saturated heterocycles. The van der Waals surface area contributed by atoms with Crippen molar-refractivity contribution in [2.75, 3.05) is 39.6 Å². The summed E-state index contributed by atoms with van der Waals surface area (Å²) < 4.78 is 61.0. The van der Waals surface area contributed by atoms with E-state index in [9.17, 15) is 43.5 Å². The van der Waals surface area contributed by atoms with Crippen molar-refractivity contribution in [1.29, 1.82) is 0 Å². The molecule has 0 bridgehead atoms. The first-order valence-electron chi connectivity index (χ1n) is 40.1. The van der Waals surface area contributed by atoms with Gasteiger partial charge in [-0.2, -0.15) is 0 Å². The van der Waals surface area contributed by atoms with Crippen LogP contribution in [0, 0.1) is 0 Å². The lowest BCUT2D eigenvalue weighted by Crippen LogP contribution is -2.30. The molecule has 0 heterocycles. The van der Waals surface area contributed by atoms with Gasteiger partial charge in [0, 0.05) is 19.3 Å². The number of phosphoric ester groups is 2. The highest BCUT2D eigenvalue weighted by molar-refractivity contribution is 7.47. The van der Waals surface area contributed by atoms with E-state index in [0.717, 1.165) is 116 Å². The van der Waals surface area contributed by atoms with Gasteiger partial charge in [0.15, 0.2) is 6.10 Å². The number of carbonyl (C=O) groups is 3. The Morgan fingerprint density at radius 3 is 0.874 bits per heavy atom. The molecule has 0 aliphatic heterocycles. The van der Waals surface area contributed by atoms with Gasteiger partial charge in [-0.25, -0.2) is 9.13 Å². The van der Waals surface area contributed by atoms with Crippen LogP contribution in [0.4, 0.5) is 0 Å². The number of esters is 3. The van der Waals surface area contributed by atoms with Crippen molar-refractivity contribution in [1.82, 2.24) is 0 Å². The number of hydrogen-bond donors (Lipinski definition) is 4. The molecular formula is C85H144O16P2. The number of aliphatic hydroxyl groups excluding tert-OH is 2. The highest BCUT2D eigenvalue weighted by atomic mass is 31.2. The minimum Gasteiger partial charge on any atom is -0.463 e. The summed E-state index contributed by atoms with van der Waals surface area (Å²) in [5.74, 6) is -1.67. The third-order valence-electron chi connectivity index (χ3n) is 16.6. The summed E-state index contributed by atoms with van der Waals surface area (Å²) in [6.07, 6.45) is 95.1. The van der Waals surface area contributed by atoms with Gasteiger partial charge >= 0.3 is 33.6 Å². The van der Waals surface area contributed by atoms with Crippen molar-refractivity contribution in [3.05, 3.63) is 146 Å². The Hall–Kier alpha value is -4.57. The lowest BCUT2D eigenvalue weighted by molar-refractivity contribution is -0.161. The smallest absolute Gasteiger partial charge is 0.463 e. The monoisotopic (exact) mass is 1480 g/mol. The predicted molar refractivity (Wildman–Crippen MR) is 426 cm³/mol. The van der Waals surface area contributed by atoms with E-state index in [1.54, 1.807) is 0 Å². The molecule has 0 aromatic heterocycles. The van der Waals surface area contributed by atoms with Crippen molar-refractivity contribution in [3.63, 3.8) is 0 Å². The fourth-order valence-corrected chi connectivity index (χ4v) is 12.1. The number of ether oxygens (including phenoxy) is 3. The van der Waals surface area contributed by atoms with Crippen molar-refractivity contribution in [2.24, 2.45) is 0 Å². The van der Waals surface area contributed by atoms with Crippen LogP contribution in [0.2, 0.25) is 0 Å². The standard InChI is InChI=1S/C85H144O16P2/c1-4-7-10-13-16-19-22-25-27-29-31-32-33-34-35-36-37-38-39-40-41-42-43-44-45-46-48-50-51-54-56-59-62-65-68-71-83(88)95-74-80(86)75-97-102(91,92)98-76-81(87)77-99-103(93,94)100-79-82(101-85(90)73-70-67-64-61-58-53-24-21-18-15-12-9-6-3)78-96-84(89)72-69-66-63-60-57-55-52-49-47-30-28-26-23-20-17-14-11-8-5-2/h7-8,10-11,16-17,19-20,25-28,31-32,34-35,37-38,47,49,55,57,63,66,80-82,86-87H,4-6,9,12-15,18,21-24,29-30,33,36,39-46,48,50-54,56,58-62,64-65,67-79H2,1-3H3,(H,91,92)(H,93,94)/b10-7-,11-8-,19-16-,20-17-,27-25-,28-26-,32-31-,35-34-,38-37-,49-47-,57-55-,66-63-. The van der Waals surface area contributed by atoms with Gasteiger partial charge in [-0.05, 0) is 109 Å². The lowest BCUT2D eigenvalue weighted by atomic mass is 10.0. The van der Waals surface area contributed by atoms with Crippen LogP contribution in [0.5, 0.6) is 0 Å². The first kappa shape index (κ1) is 98.4. The number of allylic oxidation sites excluding steroid dienone is 24. The predicted octanol–water partition coefficient (Wildman–Crippen LogP) is 23.7. The summed E-state index contributed by atoms with van der Waals surface area (Å²) in [6, 6.07) is 0. The van der Waals surface area contributed by atoms with Crippen molar-refractivity contribution in [2.45, 2.75) is 334 Å². The van der Waals surface area contributed by atoms with E-state index in [2.05, 4.69) is 148 Å². The van der Waals surface area contributed by atoms with Crippen molar-refractivity contribution < 1.29 is 75.8 Å². The summed E-state index contributed by atoms with van der Waals surface area (Å²) in [5.41, 5.74) is 0. The molecule has 0 aromatic carbocycles. The molecule has 103 heavy (non-hydrogen) atoms. The zero-order valence-electron chi connectivity index (χ0n) is 64.4. The zero-order valence-corrected chi connectivity index (χ0v) is 66.2. The van der Waals surface area contributed by atoms with Gasteiger partial charge in [-0.15, -0.1) is 0 Å². The van der Waals surface area contributed by atoms with E-state index in [1.165, 1.54) is 135 Å². The number of hydrogen-bond acceptors (Lipinski definition) is 14. The average Bonchev–Trinajstić information content (AvgIpc) is 0.925. The number of aliphatic hydroxyl groups is 2. The third kappa shape index (κ3) is 78.3. The van der Waals surface area contributed by atoms with E-state index < -0.39 is 91.5 Å². The Balaban J connectivity index is 4.42. The van der Waals surface area contributed by atoms with Gasteiger partial charge in [0.1, 0.15) is 25.4 Å². The molecule has 0 fully saturated rings. The Morgan fingerprint density at radius 2 is 0.534 bits per heavy atom. The third-order valence-corrected chi connectivity index (χ3v) is 18.5. The fourth-order valence-electron chi connectivity index (χ4n) is 10.5. The van der Waals surface area contributed by atoms with Crippen LogP contribution in [0.1, 0.15) is 316 Å². The molecule has 0 saturated carbocycles. The molecule has 0 aliphatic carbocycles. The van der Waals surface area contributed by atoms with E-state index in [4.69, 9.17) is 32.3 Å². The van der Waals surface area contributed by atoms with Crippen LogP contribution < -0.4 is 0 Å². The number of carbonyl (C=O) groups excluding carboxylic acids is 3. The van der Waals surface area contributed by atoms with Crippen LogP contribution >= 0.6 is 15.6 Å². The van der Waals surface area contributed by atoms with Gasteiger partial charge in [0.05, 0.1) is 26.4 Å². The highest BCUT2D eigenvalue weighted by Gasteiger charge is 2.29. The largest absolute Gasteiger partial charge is 0.472 e. The molecule has 5 atom stereocenters. The Morgan fingerprint density at radius 1 is 0.282 bits per heavy atom. The normalized spacial score (nSPS) is 14.7. The maximum atomic E-state index is 12.9. The maximum absolute atomic E-state index is 12.9. The summed E-state index contributed by atoms with van der Waals surface area (Å²) in [4.78, 5) is 58.5. The molecular weight excluding hydrogens is 1340 g/mol. The molecule has 0 aromatic rings. The Kier molecular flexibility index (Phi) is 73.6. The molecule has 0 spiro atoms. The highest BCUT2D eigenvalue weighted by Crippen LogP contribution is 2.45. The zero-order chi connectivity index (χ0) is 75.2. The summed E-state index contributed by atoms with van der Waals surface area (Å²) >= 11 is 0. The van der Waals surface area contributed by atoms with E-state index in [0.29, 0.717) is 25.7 Å². The summed E-state index contributed by atoms with van der Waals surface area (Å²) in [7, 11) is -9.80. The van der Waals surface area contributed by atoms with Crippen molar-refractivity contribution in [3.8, 4) is 0 Å². The van der Waals surface area contributed by atoms with Crippen LogP contribution in [-0.2, 0) is 55.8 Å². The lowest BCUT2D eigenvalue weighted by Gasteiger charge is -2.21. The molecule has 590 valence electrons. The molecule has 18 heteroatoms. The molecule has 0 rings (SSSR count). The first-order chi connectivity index (χ1) is 50.2. The second kappa shape index (κ2) is 77.1. The minimum atomic E-state index is -4.94. The van der Waals surface area contributed by atoms with Gasteiger partial charge < -0.3 is 34.2 Å². The number of unbranched alkanes of at least 4 members (excludes halogenated alkanes) is 28. The van der Waals surface area contributed by atoms with Gasteiger partial charge in [0.25, 0.3) is 0 Å². The molecule has 5 unspecified atom stereocenters.